The summed E-state index contributed by atoms with van der Waals surface area (Å²) in [6.45, 7) is 3.14. The summed E-state index contributed by atoms with van der Waals surface area (Å²) < 4.78 is 10.5. The molecule has 1 aliphatic rings. The van der Waals surface area contributed by atoms with Gasteiger partial charge < -0.3 is 20.1 Å². The zero-order valence-corrected chi connectivity index (χ0v) is 8.77. The van der Waals surface area contributed by atoms with Crippen molar-refractivity contribution in [2.45, 2.75) is 0 Å². The lowest BCUT2D eigenvalue weighted by Gasteiger charge is -2.28. The van der Waals surface area contributed by atoms with Gasteiger partial charge in [0, 0.05) is 19.2 Å². The van der Waals surface area contributed by atoms with E-state index in [9.17, 15) is 0 Å². The molecule has 1 fully saturated rings. The van der Waals surface area contributed by atoms with Gasteiger partial charge in [0.1, 0.15) is 0 Å². The molecule has 0 bridgehead atoms. The Hall–Kier alpha value is -1.49. The molecule has 2 rings (SSSR count). The number of nitrogens with zero attached hydrogens (tertiary/aromatic N) is 2. The van der Waals surface area contributed by atoms with Gasteiger partial charge >= 0.3 is 0 Å². The van der Waals surface area contributed by atoms with E-state index in [0.717, 1.165) is 37.9 Å². The largest absolute Gasteiger partial charge is 0.493 e. The minimum atomic E-state index is 0.615. The van der Waals surface area contributed by atoms with Gasteiger partial charge in [-0.25, -0.2) is 4.98 Å². The van der Waals surface area contributed by atoms with Gasteiger partial charge in [-0.1, -0.05) is 0 Å². The predicted molar refractivity (Wildman–Crippen MR) is 58.2 cm³/mol. The first-order valence-electron chi connectivity index (χ1n) is 4.93. The fourth-order valence-electron chi connectivity index (χ4n) is 1.62. The van der Waals surface area contributed by atoms with Gasteiger partial charge in [-0.3, -0.25) is 0 Å². The van der Waals surface area contributed by atoms with E-state index >= 15 is 0 Å². The normalized spacial score (nSPS) is 16.5. The van der Waals surface area contributed by atoms with Crippen molar-refractivity contribution in [2.75, 3.05) is 44.0 Å². The summed E-state index contributed by atoms with van der Waals surface area (Å²) in [6, 6.07) is 1.79. The molecule has 0 saturated carbocycles. The summed E-state index contributed by atoms with van der Waals surface area (Å²) >= 11 is 0. The van der Waals surface area contributed by atoms with E-state index in [1.807, 2.05) is 0 Å². The standard InChI is InChI=1S/C10H15N3O2/c1-14-9-6-8(11)7-12-10(9)13-2-4-15-5-3-13/h6-7H,2-5,11H2,1H3. The Kier molecular flexibility index (Phi) is 2.91. The molecule has 0 amide bonds. The van der Waals surface area contributed by atoms with E-state index in [1.165, 1.54) is 0 Å². The van der Waals surface area contributed by atoms with E-state index < -0.39 is 0 Å². The van der Waals surface area contributed by atoms with Crippen molar-refractivity contribution in [2.24, 2.45) is 0 Å². The second kappa shape index (κ2) is 4.35. The van der Waals surface area contributed by atoms with Gasteiger partial charge in [-0.2, -0.15) is 0 Å². The Balaban J connectivity index is 2.25. The molecule has 0 spiro atoms. The lowest BCUT2D eigenvalue weighted by molar-refractivity contribution is 0.122. The van der Waals surface area contributed by atoms with Gasteiger partial charge in [-0.05, 0) is 0 Å². The van der Waals surface area contributed by atoms with Crippen LogP contribution < -0.4 is 15.4 Å². The number of methoxy groups -OCH3 is 1. The SMILES string of the molecule is COc1cc(N)cnc1N1CCOCC1. The second-order valence-corrected chi connectivity index (χ2v) is 3.39. The van der Waals surface area contributed by atoms with Crippen molar-refractivity contribution in [3.8, 4) is 5.75 Å². The second-order valence-electron chi connectivity index (χ2n) is 3.39. The van der Waals surface area contributed by atoms with Gasteiger partial charge in [0.25, 0.3) is 0 Å². The molecule has 1 aliphatic heterocycles. The summed E-state index contributed by atoms with van der Waals surface area (Å²) in [6.07, 6.45) is 1.65. The zero-order chi connectivity index (χ0) is 10.7. The number of morpholine rings is 1. The third kappa shape index (κ3) is 2.12. The van der Waals surface area contributed by atoms with Crippen LogP contribution in [-0.4, -0.2) is 38.4 Å². The van der Waals surface area contributed by atoms with Crippen molar-refractivity contribution >= 4 is 11.5 Å². The van der Waals surface area contributed by atoms with Crippen LogP contribution in [0.15, 0.2) is 12.3 Å². The van der Waals surface area contributed by atoms with Crippen LogP contribution >= 0.6 is 0 Å². The third-order valence-electron chi connectivity index (χ3n) is 2.38. The first kappa shape index (κ1) is 10.0. The molecule has 1 aromatic heterocycles. The van der Waals surface area contributed by atoms with Gasteiger partial charge in [0.05, 0.1) is 32.2 Å². The molecule has 0 aliphatic carbocycles. The molecule has 0 aromatic carbocycles. The molecule has 5 nitrogen and oxygen atoms in total. The highest BCUT2D eigenvalue weighted by Gasteiger charge is 2.16. The van der Waals surface area contributed by atoms with E-state index in [-0.39, 0.29) is 0 Å². The van der Waals surface area contributed by atoms with Crippen LogP contribution in [0.5, 0.6) is 5.75 Å². The highest BCUT2D eigenvalue weighted by Crippen LogP contribution is 2.27. The smallest absolute Gasteiger partial charge is 0.171 e. The van der Waals surface area contributed by atoms with E-state index in [0.29, 0.717) is 5.69 Å². The summed E-state index contributed by atoms with van der Waals surface area (Å²) in [5, 5.41) is 0. The molecule has 0 unspecified atom stereocenters. The van der Waals surface area contributed by atoms with Crippen molar-refractivity contribution in [3.63, 3.8) is 0 Å². The molecule has 2 heterocycles. The fourth-order valence-corrected chi connectivity index (χ4v) is 1.62. The molecule has 1 saturated heterocycles. The molecular formula is C10H15N3O2. The van der Waals surface area contributed by atoms with E-state index in [1.54, 1.807) is 19.4 Å². The minimum Gasteiger partial charge on any atom is -0.493 e. The maximum Gasteiger partial charge on any atom is 0.171 e. The van der Waals surface area contributed by atoms with Gasteiger partial charge in [0.2, 0.25) is 0 Å². The van der Waals surface area contributed by atoms with E-state index in [2.05, 4.69) is 9.88 Å². The fraction of sp³-hybridized carbons (Fsp3) is 0.500. The maximum absolute atomic E-state index is 5.65. The Bertz CT molecular complexity index is 337. The molecule has 0 atom stereocenters. The average molecular weight is 209 g/mol. The maximum atomic E-state index is 5.65. The molecular weight excluding hydrogens is 194 g/mol. The molecule has 0 radical (unpaired) electrons. The highest BCUT2D eigenvalue weighted by molar-refractivity contribution is 5.58. The van der Waals surface area contributed by atoms with Crippen LogP contribution in [-0.2, 0) is 4.74 Å². The van der Waals surface area contributed by atoms with Crippen LogP contribution in [0.2, 0.25) is 0 Å². The number of anilines is 2. The predicted octanol–water partition coefficient (Wildman–Crippen LogP) is 0.509. The number of hydrogen-bond acceptors (Lipinski definition) is 5. The summed E-state index contributed by atoms with van der Waals surface area (Å²) in [5.74, 6) is 1.56. The zero-order valence-electron chi connectivity index (χ0n) is 8.77. The Morgan fingerprint density at radius 1 is 1.47 bits per heavy atom. The third-order valence-corrected chi connectivity index (χ3v) is 2.38. The Morgan fingerprint density at radius 3 is 2.87 bits per heavy atom. The van der Waals surface area contributed by atoms with Crippen molar-refractivity contribution in [3.05, 3.63) is 12.3 Å². The number of ether oxygens (including phenoxy) is 2. The molecule has 5 heteroatoms. The van der Waals surface area contributed by atoms with Gasteiger partial charge in [0.15, 0.2) is 11.6 Å². The summed E-state index contributed by atoms with van der Waals surface area (Å²) in [7, 11) is 1.63. The number of nitrogens with two attached hydrogens (primary N) is 1. The van der Waals surface area contributed by atoms with Crippen LogP contribution in [0.4, 0.5) is 11.5 Å². The molecule has 1 aromatic rings. The summed E-state index contributed by atoms with van der Waals surface area (Å²) in [4.78, 5) is 6.43. The first-order chi connectivity index (χ1) is 7.31. The van der Waals surface area contributed by atoms with Gasteiger partial charge in [-0.15, -0.1) is 0 Å². The minimum absolute atomic E-state index is 0.615. The average Bonchev–Trinajstić information content (AvgIpc) is 2.30. The van der Waals surface area contributed by atoms with E-state index in [4.69, 9.17) is 15.2 Å². The van der Waals surface area contributed by atoms with Crippen molar-refractivity contribution in [1.82, 2.24) is 4.98 Å². The molecule has 2 N–H and O–H groups in total. The van der Waals surface area contributed by atoms with Crippen LogP contribution in [0.1, 0.15) is 0 Å². The van der Waals surface area contributed by atoms with Crippen LogP contribution in [0.3, 0.4) is 0 Å². The molecule has 15 heavy (non-hydrogen) atoms. The lowest BCUT2D eigenvalue weighted by Crippen LogP contribution is -2.37. The van der Waals surface area contributed by atoms with Crippen LogP contribution in [0, 0.1) is 0 Å². The van der Waals surface area contributed by atoms with Crippen LogP contribution in [0.25, 0.3) is 0 Å². The first-order valence-corrected chi connectivity index (χ1v) is 4.93. The number of hydrogen-bond donors (Lipinski definition) is 1. The number of pyridine rings is 1. The topological polar surface area (TPSA) is 60.6 Å². The lowest BCUT2D eigenvalue weighted by atomic mass is 10.3. The quantitative estimate of drug-likeness (QED) is 0.769. The van der Waals surface area contributed by atoms with Crippen molar-refractivity contribution in [1.29, 1.82) is 0 Å². The Morgan fingerprint density at radius 2 is 2.20 bits per heavy atom. The number of aromatic nitrogens is 1. The Labute approximate surface area is 88.8 Å². The van der Waals surface area contributed by atoms with Crippen molar-refractivity contribution < 1.29 is 9.47 Å². The molecule has 82 valence electrons. The monoisotopic (exact) mass is 209 g/mol. The number of nitrogen functional groups attached to an aromatic ring is 1. The summed E-state index contributed by atoms with van der Waals surface area (Å²) in [5.41, 5.74) is 6.26. The number of rotatable bonds is 2. The highest BCUT2D eigenvalue weighted by atomic mass is 16.5.